The van der Waals surface area contributed by atoms with Crippen LogP contribution >= 0.6 is 11.6 Å². The highest BCUT2D eigenvalue weighted by atomic mass is 35.5. The van der Waals surface area contributed by atoms with Crippen molar-refractivity contribution in [3.8, 4) is 0 Å². The first-order chi connectivity index (χ1) is 11.8. The molecule has 4 nitrogen and oxygen atoms in total. The summed E-state index contributed by atoms with van der Waals surface area (Å²) in [6.45, 7) is 1.96. The Balaban J connectivity index is 1.71. The summed E-state index contributed by atoms with van der Waals surface area (Å²) in [5.41, 5.74) is 1.66. The number of carbonyl (C=O) groups is 2. The number of nitrogens with zero attached hydrogens (tertiary/aromatic N) is 1. The first-order valence-electron chi connectivity index (χ1n) is 7.67. The lowest BCUT2D eigenvalue weighted by molar-refractivity contribution is -0.122. The van der Waals surface area contributed by atoms with E-state index >= 15 is 0 Å². The van der Waals surface area contributed by atoms with Crippen molar-refractivity contribution < 1.29 is 18.4 Å². The van der Waals surface area contributed by atoms with Crippen LogP contribution in [-0.2, 0) is 9.59 Å². The van der Waals surface area contributed by atoms with Gasteiger partial charge in [0.25, 0.3) is 0 Å². The third-order valence-corrected chi connectivity index (χ3v) is 4.56. The Morgan fingerprint density at radius 3 is 2.64 bits per heavy atom. The van der Waals surface area contributed by atoms with E-state index in [1.165, 1.54) is 11.0 Å². The number of rotatable bonds is 3. The van der Waals surface area contributed by atoms with Crippen LogP contribution in [0.4, 0.5) is 20.2 Å². The number of amides is 2. The zero-order valence-corrected chi connectivity index (χ0v) is 14.1. The van der Waals surface area contributed by atoms with Crippen molar-refractivity contribution in [2.75, 3.05) is 16.8 Å². The quantitative estimate of drug-likeness (QED) is 0.897. The molecule has 3 rings (SSSR count). The zero-order valence-electron chi connectivity index (χ0n) is 13.4. The molecule has 0 bridgehead atoms. The van der Waals surface area contributed by atoms with Crippen LogP contribution in [0.5, 0.6) is 0 Å². The van der Waals surface area contributed by atoms with E-state index in [4.69, 9.17) is 11.6 Å². The number of carbonyl (C=O) groups excluding carboxylic acids is 2. The third kappa shape index (κ3) is 3.64. The minimum Gasteiger partial charge on any atom is -0.326 e. The first kappa shape index (κ1) is 17.4. The van der Waals surface area contributed by atoms with E-state index in [2.05, 4.69) is 5.32 Å². The molecule has 25 heavy (non-hydrogen) atoms. The molecule has 2 aromatic carbocycles. The van der Waals surface area contributed by atoms with Gasteiger partial charge in [-0.3, -0.25) is 9.59 Å². The number of hydrogen-bond donors (Lipinski definition) is 1. The molecule has 1 saturated heterocycles. The highest BCUT2D eigenvalue weighted by molar-refractivity contribution is 6.31. The molecule has 2 amide bonds. The Morgan fingerprint density at radius 1 is 1.20 bits per heavy atom. The smallest absolute Gasteiger partial charge is 0.229 e. The predicted molar refractivity (Wildman–Crippen MR) is 91.6 cm³/mol. The van der Waals surface area contributed by atoms with Gasteiger partial charge in [-0.25, -0.2) is 8.78 Å². The summed E-state index contributed by atoms with van der Waals surface area (Å²) in [5, 5.41) is 3.26. The van der Waals surface area contributed by atoms with Gasteiger partial charge in [-0.05, 0) is 36.8 Å². The second-order valence-corrected chi connectivity index (χ2v) is 6.36. The van der Waals surface area contributed by atoms with Gasteiger partial charge in [0, 0.05) is 35.4 Å². The van der Waals surface area contributed by atoms with E-state index in [1.807, 2.05) is 6.92 Å². The first-order valence-corrected chi connectivity index (χ1v) is 8.05. The van der Waals surface area contributed by atoms with Crippen LogP contribution in [0.1, 0.15) is 12.0 Å². The topological polar surface area (TPSA) is 49.4 Å². The van der Waals surface area contributed by atoms with Crippen LogP contribution in [0.2, 0.25) is 5.02 Å². The van der Waals surface area contributed by atoms with E-state index < -0.39 is 17.6 Å². The third-order valence-electron chi connectivity index (χ3n) is 4.15. The van der Waals surface area contributed by atoms with Gasteiger partial charge < -0.3 is 10.2 Å². The van der Waals surface area contributed by atoms with E-state index in [0.29, 0.717) is 10.7 Å². The number of anilines is 2. The zero-order chi connectivity index (χ0) is 18.1. The molecule has 0 spiro atoms. The lowest BCUT2D eigenvalue weighted by Crippen LogP contribution is -2.28. The Labute approximate surface area is 148 Å². The molecule has 0 aliphatic carbocycles. The maximum atomic E-state index is 13.4. The van der Waals surface area contributed by atoms with Crippen molar-refractivity contribution in [2.24, 2.45) is 5.92 Å². The Morgan fingerprint density at radius 2 is 1.96 bits per heavy atom. The monoisotopic (exact) mass is 364 g/mol. The fraction of sp³-hybridized carbons (Fsp3) is 0.222. The van der Waals surface area contributed by atoms with E-state index in [0.717, 1.165) is 17.7 Å². The molecule has 1 aliphatic rings. The SMILES string of the molecule is Cc1ccc(NC(=O)C2CC(=O)N(c3ccc(F)c(F)c3)C2)cc1Cl. The molecule has 0 radical (unpaired) electrons. The van der Waals surface area contributed by atoms with E-state index in [-0.39, 0.29) is 30.5 Å². The second-order valence-electron chi connectivity index (χ2n) is 5.96. The summed E-state index contributed by atoms with van der Waals surface area (Å²) in [6.07, 6.45) is 0.00439. The fourth-order valence-electron chi connectivity index (χ4n) is 2.70. The largest absolute Gasteiger partial charge is 0.326 e. The number of nitrogens with one attached hydrogen (secondary N) is 1. The average molecular weight is 365 g/mol. The Bertz CT molecular complexity index is 857. The summed E-state index contributed by atoms with van der Waals surface area (Å²) < 4.78 is 26.4. The molecule has 1 atom stereocenters. The van der Waals surface area contributed by atoms with Crippen molar-refractivity contribution in [3.63, 3.8) is 0 Å². The molecule has 1 heterocycles. The molecule has 1 N–H and O–H groups in total. The van der Waals surface area contributed by atoms with Gasteiger partial charge in [0.15, 0.2) is 11.6 Å². The van der Waals surface area contributed by atoms with Crippen molar-refractivity contribution in [1.82, 2.24) is 0 Å². The molecular weight excluding hydrogens is 350 g/mol. The van der Waals surface area contributed by atoms with E-state index in [9.17, 15) is 18.4 Å². The second kappa shape index (κ2) is 6.80. The lowest BCUT2D eigenvalue weighted by Gasteiger charge is -2.17. The number of benzene rings is 2. The standard InChI is InChI=1S/C18H15ClF2N2O2/c1-10-2-3-12(7-14(10)19)22-18(25)11-6-17(24)23(9-11)13-4-5-15(20)16(21)8-13/h2-5,7-8,11H,6,9H2,1H3,(H,22,25). The van der Waals surface area contributed by atoms with E-state index in [1.54, 1.807) is 18.2 Å². The average Bonchev–Trinajstić information content (AvgIpc) is 2.95. The predicted octanol–water partition coefficient (Wildman–Crippen LogP) is 3.92. The maximum Gasteiger partial charge on any atom is 0.229 e. The summed E-state index contributed by atoms with van der Waals surface area (Å²) in [7, 11) is 0. The van der Waals surface area contributed by atoms with Crippen molar-refractivity contribution >= 4 is 34.8 Å². The molecule has 1 aliphatic heterocycles. The lowest BCUT2D eigenvalue weighted by atomic mass is 10.1. The number of aryl methyl sites for hydroxylation is 1. The highest BCUT2D eigenvalue weighted by Crippen LogP contribution is 2.28. The molecule has 1 unspecified atom stereocenters. The van der Waals surface area contributed by atoms with Crippen LogP contribution in [0.3, 0.4) is 0 Å². The Hall–Kier alpha value is -2.47. The van der Waals surface area contributed by atoms with Crippen molar-refractivity contribution in [1.29, 1.82) is 0 Å². The normalized spacial score (nSPS) is 17.0. The minimum absolute atomic E-state index is 0.00439. The van der Waals surface area contributed by atoms with Crippen LogP contribution in [0, 0.1) is 24.5 Å². The van der Waals surface area contributed by atoms with Gasteiger partial charge in [0.1, 0.15) is 0 Å². The summed E-state index contributed by atoms with van der Waals surface area (Å²) in [4.78, 5) is 25.8. The number of hydrogen-bond acceptors (Lipinski definition) is 2. The highest BCUT2D eigenvalue weighted by Gasteiger charge is 2.35. The van der Waals surface area contributed by atoms with Crippen molar-refractivity contribution in [3.05, 3.63) is 58.6 Å². The molecule has 130 valence electrons. The molecule has 0 saturated carbocycles. The van der Waals surface area contributed by atoms with Gasteiger partial charge >= 0.3 is 0 Å². The molecule has 7 heteroatoms. The van der Waals surface area contributed by atoms with Crippen LogP contribution < -0.4 is 10.2 Å². The van der Waals surface area contributed by atoms with Gasteiger partial charge in [-0.2, -0.15) is 0 Å². The Kier molecular flexibility index (Phi) is 4.72. The number of halogens is 3. The van der Waals surface area contributed by atoms with Crippen molar-refractivity contribution in [2.45, 2.75) is 13.3 Å². The summed E-state index contributed by atoms with van der Waals surface area (Å²) in [6, 6.07) is 8.37. The fourth-order valence-corrected chi connectivity index (χ4v) is 2.88. The van der Waals surface area contributed by atoms with Gasteiger partial charge in [-0.1, -0.05) is 17.7 Å². The van der Waals surface area contributed by atoms with Crippen LogP contribution in [0.15, 0.2) is 36.4 Å². The van der Waals surface area contributed by atoms with Gasteiger partial charge in [0.2, 0.25) is 11.8 Å². The molecule has 0 aromatic heterocycles. The molecule has 1 fully saturated rings. The van der Waals surface area contributed by atoms with Gasteiger partial charge in [-0.15, -0.1) is 0 Å². The van der Waals surface area contributed by atoms with Crippen LogP contribution in [-0.4, -0.2) is 18.4 Å². The summed E-state index contributed by atoms with van der Waals surface area (Å²) >= 11 is 6.03. The van der Waals surface area contributed by atoms with Gasteiger partial charge in [0.05, 0.1) is 5.92 Å². The molecular formula is C18H15ClF2N2O2. The summed E-state index contributed by atoms with van der Waals surface area (Å²) in [5.74, 6) is -3.24. The van der Waals surface area contributed by atoms with Crippen LogP contribution in [0.25, 0.3) is 0 Å². The molecule has 2 aromatic rings. The minimum atomic E-state index is -1.03. The maximum absolute atomic E-state index is 13.4.